The molecule has 138 valence electrons. The summed E-state index contributed by atoms with van der Waals surface area (Å²) >= 11 is 1.32. The predicted octanol–water partition coefficient (Wildman–Crippen LogP) is 5.08. The number of carbonyl (C=O) groups excluding carboxylic acids is 1. The second-order valence-electron chi connectivity index (χ2n) is 5.92. The molecule has 7 heteroatoms. The third-order valence-corrected chi connectivity index (χ3v) is 4.81. The van der Waals surface area contributed by atoms with E-state index < -0.39 is 0 Å². The smallest absolute Gasteiger partial charge is 0.257 e. The fraction of sp³-hybridized carbons (Fsp3) is 0.0952. The summed E-state index contributed by atoms with van der Waals surface area (Å²) in [4.78, 5) is 16.8. The van der Waals surface area contributed by atoms with Crippen molar-refractivity contribution < 1.29 is 13.9 Å². The number of hydrogen-bond acceptors (Lipinski definition) is 6. The van der Waals surface area contributed by atoms with Gasteiger partial charge in [0.2, 0.25) is 0 Å². The van der Waals surface area contributed by atoms with Crippen LogP contribution >= 0.6 is 11.3 Å². The van der Waals surface area contributed by atoms with Gasteiger partial charge in [-0.25, -0.2) is 4.98 Å². The molecule has 1 amide bonds. The van der Waals surface area contributed by atoms with Crippen molar-refractivity contribution in [3.8, 4) is 23.3 Å². The largest absolute Gasteiger partial charge is 0.494 e. The van der Waals surface area contributed by atoms with E-state index >= 15 is 0 Å². The van der Waals surface area contributed by atoms with Gasteiger partial charge < -0.3 is 9.15 Å². The third-order valence-electron chi connectivity index (χ3n) is 4.05. The van der Waals surface area contributed by atoms with Crippen LogP contribution < -0.4 is 10.1 Å². The standard InChI is InChI=1S/C21H15N3O3S/c1-2-26-16-7-8-18-15(9-16)10-19(27-18)17-12-28-21(23-17)24-20(25)14-5-3-13(11-22)4-6-14/h3-10,12H,2H2,1H3,(H,23,24,25). The van der Waals surface area contributed by atoms with Gasteiger partial charge in [0.05, 0.1) is 18.2 Å². The molecule has 0 spiro atoms. The van der Waals surface area contributed by atoms with Crippen LogP contribution in [0.2, 0.25) is 0 Å². The van der Waals surface area contributed by atoms with Crippen molar-refractivity contribution in [2.45, 2.75) is 6.92 Å². The van der Waals surface area contributed by atoms with Crippen molar-refractivity contribution in [2.75, 3.05) is 11.9 Å². The highest BCUT2D eigenvalue weighted by Gasteiger charge is 2.13. The Balaban J connectivity index is 1.53. The molecule has 0 unspecified atom stereocenters. The van der Waals surface area contributed by atoms with Crippen molar-refractivity contribution in [1.82, 2.24) is 4.98 Å². The lowest BCUT2D eigenvalue weighted by molar-refractivity contribution is 0.102. The maximum absolute atomic E-state index is 12.3. The number of hydrogen-bond donors (Lipinski definition) is 1. The Morgan fingerprint density at radius 2 is 2.07 bits per heavy atom. The number of benzene rings is 2. The van der Waals surface area contributed by atoms with E-state index in [0.29, 0.717) is 34.3 Å². The maximum Gasteiger partial charge on any atom is 0.257 e. The minimum absolute atomic E-state index is 0.281. The Morgan fingerprint density at radius 1 is 1.25 bits per heavy atom. The van der Waals surface area contributed by atoms with E-state index in [0.717, 1.165) is 16.7 Å². The molecule has 4 aromatic rings. The average molecular weight is 389 g/mol. The molecular weight excluding hydrogens is 374 g/mol. The predicted molar refractivity (Wildman–Crippen MR) is 108 cm³/mol. The fourth-order valence-corrected chi connectivity index (χ4v) is 3.41. The molecule has 0 aliphatic rings. The van der Waals surface area contributed by atoms with Crippen LogP contribution in [-0.4, -0.2) is 17.5 Å². The Labute approximate surface area is 165 Å². The van der Waals surface area contributed by atoms with Crippen LogP contribution in [0.25, 0.3) is 22.4 Å². The number of nitrogens with zero attached hydrogens (tertiary/aromatic N) is 2. The van der Waals surface area contributed by atoms with Crippen LogP contribution in [-0.2, 0) is 0 Å². The molecule has 0 saturated carbocycles. The summed E-state index contributed by atoms with van der Waals surface area (Å²) < 4.78 is 11.4. The van der Waals surface area contributed by atoms with Crippen LogP contribution in [0, 0.1) is 11.3 Å². The quantitative estimate of drug-likeness (QED) is 0.514. The number of fused-ring (bicyclic) bond motifs is 1. The van der Waals surface area contributed by atoms with Crippen LogP contribution in [0.15, 0.2) is 58.3 Å². The third kappa shape index (κ3) is 3.59. The highest BCUT2D eigenvalue weighted by atomic mass is 32.1. The summed E-state index contributed by atoms with van der Waals surface area (Å²) in [5.41, 5.74) is 2.36. The molecule has 0 aliphatic heterocycles. The van der Waals surface area contributed by atoms with E-state index in [1.807, 2.05) is 42.6 Å². The average Bonchev–Trinajstić information content (AvgIpc) is 3.34. The first kappa shape index (κ1) is 17.8. The number of nitrogens with one attached hydrogen (secondary N) is 1. The van der Waals surface area contributed by atoms with Crippen LogP contribution in [0.1, 0.15) is 22.8 Å². The molecule has 0 fully saturated rings. The second-order valence-corrected chi connectivity index (χ2v) is 6.78. The number of aromatic nitrogens is 1. The van der Waals surface area contributed by atoms with Gasteiger partial charge in [-0.2, -0.15) is 5.26 Å². The molecule has 0 atom stereocenters. The van der Waals surface area contributed by atoms with Crippen LogP contribution in [0.5, 0.6) is 5.75 Å². The first-order valence-corrected chi connectivity index (χ1v) is 9.48. The number of nitriles is 1. The lowest BCUT2D eigenvalue weighted by atomic mass is 10.1. The first-order chi connectivity index (χ1) is 13.7. The van der Waals surface area contributed by atoms with Crippen LogP contribution in [0.4, 0.5) is 5.13 Å². The van der Waals surface area contributed by atoms with Gasteiger partial charge >= 0.3 is 0 Å². The van der Waals surface area contributed by atoms with Crippen LogP contribution in [0.3, 0.4) is 0 Å². The van der Waals surface area contributed by atoms with Crippen molar-refractivity contribution in [1.29, 1.82) is 5.26 Å². The van der Waals surface area contributed by atoms with Gasteiger partial charge in [-0.1, -0.05) is 0 Å². The Hall–Kier alpha value is -3.63. The van der Waals surface area contributed by atoms with Crippen molar-refractivity contribution in [3.05, 3.63) is 65.0 Å². The minimum Gasteiger partial charge on any atom is -0.494 e. The number of carbonyl (C=O) groups is 1. The molecule has 28 heavy (non-hydrogen) atoms. The zero-order valence-corrected chi connectivity index (χ0v) is 15.7. The fourth-order valence-electron chi connectivity index (χ4n) is 2.71. The SMILES string of the molecule is CCOc1ccc2oc(-c3csc(NC(=O)c4ccc(C#N)cc4)n3)cc2c1. The van der Waals surface area contributed by atoms with Gasteiger partial charge in [0.25, 0.3) is 5.91 Å². The van der Waals surface area contributed by atoms with E-state index in [1.165, 1.54) is 11.3 Å². The number of furan rings is 1. The van der Waals surface area contributed by atoms with E-state index in [9.17, 15) is 4.79 Å². The minimum atomic E-state index is -0.281. The summed E-state index contributed by atoms with van der Waals surface area (Å²) in [5, 5.41) is 14.8. The van der Waals surface area contributed by atoms with Gasteiger partial charge in [-0.05, 0) is 55.5 Å². The number of rotatable bonds is 5. The zero-order chi connectivity index (χ0) is 19.5. The number of anilines is 1. The molecule has 0 aliphatic carbocycles. The Bertz CT molecular complexity index is 1190. The number of thiazole rings is 1. The summed E-state index contributed by atoms with van der Waals surface area (Å²) in [6.45, 7) is 2.54. The lowest BCUT2D eigenvalue weighted by Crippen LogP contribution is -2.11. The number of ether oxygens (including phenoxy) is 1. The van der Waals surface area contributed by atoms with Crippen molar-refractivity contribution in [2.24, 2.45) is 0 Å². The number of amides is 1. The van der Waals surface area contributed by atoms with Gasteiger partial charge in [0.15, 0.2) is 10.9 Å². The lowest BCUT2D eigenvalue weighted by Gasteiger charge is -2.01. The summed E-state index contributed by atoms with van der Waals surface area (Å²) in [7, 11) is 0. The molecule has 2 heterocycles. The van der Waals surface area contributed by atoms with Gasteiger partial charge in [-0.15, -0.1) is 11.3 Å². The van der Waals surface area contributed by atoms with E-state index in [4.69, 9.17) is 14.4 Å². The highest BCUT2D eigenvalue weighted by molar-refractivity contribution is 7.14. The molecule has 1 N–H and O–H groups in total. The van der Waals surface area contributed by atoms with E-state index in [2.05, 4.69) is 10.3 Å². The Morgan fingerprint density at radius 3 is 2.82 bits per heavy atom. The van der Waals surface area contributed by atoms with Crippen molar-refractivity contribution >= 4 is 33.3 Å². The monoisotopic (exact) mass is 389 g/mol. The molecule has 6 nitrogen and oxygen atoms in total. The van der Waals surface area contributed by atoms with E-state index in [1.54, 1.807) is 24.3 Å². The van der Waals surface area contributed by atoms with Crippen molar-refractivity contribution in [3.63, 3.8) is 0 Å². The maximum atomic E-state index is 12.3. The normalized spacial score (nSPS) is 10.6. The summed E-state index contributed by atoms with van der Waals surface area (Å²) in [6, 6.07) is 16.0. The zero-order valence-electron chi connectivity index (χ0n) is 14.9. The molecule has 0 radical (unpaired) electrons. The Kier molecular flexibility index (Phi) is 4.79. The second kappa shape index (κ2) is 7.55. The first-order valence-electron chi connectivity index (χ1n) is 8.60. The molecular formula is C21H15N3O3S. The molecule has 0 bridgehead atoms. The molecule has 0 saturated heterocycles. The van der Waals surface area contributed by atoms with E-state index in [-0.39, 0.29) is 5.91 Å². The molecule has 2 aromatic heterocycles. The topological polar surface area (TPSA) is 88.1 Å². The summed E-state index contributed by atoms with van der Waals surface area (Å²) in [5.74, 6) is 1.13. The molecule has 2 aromatic carbocycles. The van der Waals surface area contributed by atoms with Gasteiger partial charge in [0.1, 0.15) is 17.0 Å². The van der Waals surface area contributed by atoms with Gasteiger partial charge in [0, 0.05) is 16.3 Å². The highest BCUT2D eigenvalue weighted by Crippen LogP contribution is 2.32. The summed E-state index contributed by atoms with van der Waals surface area (Å²) in [6.07, 6.45) is 0. The van der Waals surface area contributed by atoms with Gasteiger partial charge in [-0.3, -0.25) is 10.1 Å². The molecule has 4 rings (SSSR count).